The summed E-state index contributed by atoms with van der Waals surface area (Å²) in [6.07, 6.45) is 1.12. The van der Waals surface area contributed by atoms with E-state index in [4.69, 9.17) is 0 Å². The van der Waals surface area contributed by atoms with Gasteiger partial charge in [-0.1, -0.05) is 0 Å². The molecular formula is C17H22N3NaO3. The number of rotatable bonds is 3. The Morgan fingerprint density at radius 2 is 2.08 bits per heavy atom. The standard InChI is InChI=1S/C17H21N3O2.Na.H2O/c1-11-8-16(20(3)13-6-7-19(2)10-13)14-9-12(17(21)22)4-5-15(14)18-11;;/h4-5,8-9,13H,6-7,10H2,1-3H3,(H,21,22);;1H2/q;+1;/p-1. The van der Waals surface area contributed by atoms with E-state index in [1.165, 1.54) is 0 Å². The molecule has 2 aromatic rings. The van der Waals surface area contributed by atoms with Crippen LogP contribution in [0.1, 0.15) is 22.5 Å². The number of aromatic nitrogens is 1. The van der Waals surface area contributed by atoms with Gasteiger partial charge in [0, 0.05) is 36.4 Å². The van der Waals surface area contributed by atoms with Crippen molar-refractivity contribution >= 4 is 22.6 Å². The van der Waals surface area contributed by atoms with Crippen LogP contribution < -0.4 is 34.5 Å². The van der Waals surface area contributed by atoms with Gasteiger partial charge in [-0.25, -0.2) is 4.79 Å². The molecule has 1 saturated heterocycles. The van der Waals surface area contributed by atoms with Crippen LogP contribution in [0.4, 0.5) is 5.69 Å². The Morgan fingerprint density at radius 1 is 1.38 bits per heavy atom. The zero-order valence-corrected chi connectivity index (χ0v) is 16.7. The van der Waals surface area contributed by atoms with Crippen LogP contribution in [0.25, 0.3) is 10.9 Å². The largest absolute Gasteiger partial charge is 1.00 e. The Hall–Kier alpha value is -1.18. The topological polar surface area (TPSA) is 86.7 Å². The minimum Gasteiger partial charge on any atom is -0.870 e. The van der Waals surface area contributed by atoms with Gasteiger partial charge in [0.25, 0.3) is 0 Å². The molecule has 1 aromatic heterocycles. The number of hydrogen-bond acceptors (Lipinski definition) is 5. The molecule has 2 heterocycles. The van der Waals surface area contributed by atoms with Gasteiger partial charge < -0.3 is 20.4 Å². The predicted molar refractivity (Wildman–Crippen MR) is 89.7 cm³/mol. The number of aromatic carboxylic acids is 1. The first kappa shape index (κ1) is 20.9. The van der Waals surface area contributed by atoms with Gasteiger partial charge in [-0.2, -0.15) is 0 Å². The molecule has 0 bridgehead atoms. The molecule has 1 unspecified atom stereocenters. The third-order valence-corrected chi connectivity index (χ3v) is 4.46. The van der Waals surface area contributed by atoms with E-state index >= 15 is 0 Å². The van der Waals surface area contributed by atoms with Crippen molar-refractivity contribution < 1.29 is 44.9 Å². The van der Waals surface area contributed by atoms with Crippen molar-refractivity contribution in [3.05, 3.63) is 35.5 Å². The Kier molecular flexibility index (Phi) is 7.19. The summed E-state index contributed by atoms with van der Waals surface area (Å²) in [6, 6.07) is 7.64. The van der Waals surface area contributed by atoms with Gasteiger partial charge in [0.2, 0.25) is 0 Å². The molecule has 1 fully saturated rings. The average Bonchev–Trinajstić information content (AvgIpc) is 2.91. The number of anilines is 1. The normalized spacial score (nSPS) is 17.2. The van der Waals surface area contributed by atoms with Crippen molar-refractivity contribution in [3.8, 4) is 0 Å². The first-order chi connectivity index (χ1) is 10.5. The average molecular weight is 339 g/mol. The number of carboxylic acids is 1. The zero-order valence-electron chi connectivity index (χ0n) is 14.7. The van der Waals surface area contributed by atoms with Crippen molar-refractivity contribution in [3.63, 3.8) is 0 Å². The number of likely N-dealkylation sites (N-methyl/N-ethyl adjacent to an activating group) is 2. The maximum Gasteiger partial charge on any atom is 1.00 e. The summed E-state index contributed by atoms with van der Waals surface area (Å²) in [7, 11) is 4.22. The first-order valence-corrected chi connectivity index (χ1v) is 7.52. The van der Waals surface area contributed by atoms with Crippen molar-refractivity contribution in [2.75, 3.05) is 32.1 Å². The van der Waals surface area contributed by atoms with Gasteiger partial charge in [-0.15, -0.1) is 0 Å². The number of benzene rings is 1. The van der Waals surface area contributed by atoms with E-state index in [0.29, 0.717) is 11.6 Å². The maximum atomic E-state index is 11.3. The third-order valence-electron chi connectivity index (χ3n) is 4.46. The smallest absolute Gasteiger partial charge is 0.870 e. The minimum atomic E-state index is -0.906. The van der Waals surface area contributed by atoms with Crippen molar-refractivity contribution in [2.45, 2.75) is 19.4 Å². The summed E-state index contributed by atoms with van der Waals surface area (Å²) < 4.78 is 0. The van der Waals surface area contributed by atoms with Gasteiger partial charge in [-0.05, 0) is 51.2 Å². The van der Waals surface area contributed by atoms with Gasteiger partial charge in [-0.3, -0.25) is 4.98 Å². The summed E-state index contributed by atoms with van der Waals surface area (Å²) in [6.45, 7) is 4.10. The number of carbonyl (C=O) groups is 1. The molecule has 124 valence electrons. The molecule has 1 aliphatic rings. The van der Waals surface area contributed by atoms with E-state index in [9.17, 15) is 9.90 Å². The van der Waals surface area contributed by atoms with E-state index in [0.717, 1.165) is 41.8 Å². The number of hydrogen-bond donors (Lipinski definition) is 1. The van der Waals surface area contributed by atoms with Gasteiger partial charge in [0.1, 0.15) is 0 Å². The van der Waals surface area contributed by atoms with Crippen LogP contribution >= 0.6 is 0 Å². The summed E-state index contributed by atoms with van der Waals surface area (Å²) in [4.78, 5) is 20.4. The number of likely N-dealkylation sites (tertiary alicyclic amines) is 1. The fourth-order valence-corrected chi connectivity index (χ4v) is 3.19. The number of aryl methyl sites for hydroxylation is 1. The maximum absolute atomic E-state index is 11.3. The fraction of sp³-hybridized carbons (Fsp3) is 0.412. The Balaban J connectivity index is 0.00000144. The summed E-state index contributed by atoms with van der Waals surface area (Å²) in [5, 5.41) is 10.1. The van der Waals surface area contributed by atoms with Gasteiger partial charge >= 0.3 is 35.5 Å². The quantitative estimate of drug-likeness (QED) is 0.738. The van der Waals surface area contributed by atoms with Crippen LogP contribution in [0, 0.1) is 6.92 Å². The second kappa shape index (κ2) is 8.27. The second-order valence-electron chi connectivity index (χ2n) is 6.14. The van der Waals surface area contributed by atoms with E-state index in [2.05, 4.69) is 28.9 Å². The molecule has 0 amide bonds. The third kappa shape index (κ3) is 4.07. The molecule has 2 N–H and O–H groups in total. The second-order valence-corrected chi connectivity index (χ2v) is 6.14. The molecule has 0 radical (unpaired) electrons. The number of nitrogens with zero attached hydrogens (tertiary/aromatic N) is 3. The van der Waals surface area contributed by atoms with Gasteiger partial charge in [0.15, 0.2) is 0 Å². The molecule has 6 nitrogen and oxygen atoms in total. The molecule has 7 heteroatoms. The molecular weight excluding hydrogens is 317 g/mol. The van der Waals surface area contributed by atoms with Crippen molar-refractivity contribution in [2.24, 2.45) is 0 Å². The van der Waals surface area contributed by atoms with Crippen LogP contribution in [0.2, 0.25) is 0 Å². The number of carboxylic acid groups (broad SMARTS) is 1. The van der Waals surface area contributed by atoms with E-state index in [1.807, 2.05) is 13.0 Å². The molecule has 0 saturated carbocycles. The SMILES string of the molecule is Cc1cc(N(C)C2CCN(C)C2)c2cc(C(=O)O)ccc2n1.[Na+].[OH-]. The van der Waals surface area contributed by atoms with Crippen LogP contribution in [-0.2, 0) is 0 Å². The molecule has 0 spiro atoms. The fourth-order valence-electron chi connectivity index (χ4n) is 3.19. The monoisotopic (exact) mass is 339 g/mol. The molecule has 3 rings (SSSR count). The molecule has 1 atom stereocenters. The van der Waals surface area contributed by atoms with Crippen LogP contribution in [-0.4, -0.2) is 59.7 Å². The summed E-state index contributed by atoms with van der Waals surface area (Å²) >= 11 is 0. The summed E-state index contributed by atoms with van der Waals surface area (Å²) in [5.41, 5.74) is 3.16. The molecule has 1 aromatic carbocycles. The summed E-state index contributed by atoms with van der Waals surface area (Å²) in [5.74, 6) is -0.906. The van der Waals surface area contributed by atoms with E-state index < -0.39 is 5.97 Å². The zero-order chi connectivity index (χ0) is 15.9. The predicted octanol–water partition coefficient (Wildman–Crippen LogP) is -0.791. The van der Waals surface area contributed by atoms with Crippen molar-refractivity contribution in [1.82, 2.24) is 9.88 Å². The Bertz CT molecular complexity index is 738. The van der Waals surface area contributed by atoms with E-state index in [1.54, 1.807) is 18.2 Å². The Labute approximate surface area is 164 Å². The van der Waals surface area contributed by atoms with E-state index in [-0.39, 0.29) is 35.0 Å². The minimum absolute atomic E-state index is 0. The first-order valence-electron chi connectivity index (χ1n) is 7.52. The number of pyridine rings is 1. The van der Waals surface area contributed by atoms with Crippen LogP contribution in [0.5, 0.6) is 0 Å². The Morgan fingerprint density at radius 3 is 2.67 bits per heavy atom. The van der Waals surface area contributed by atoms with Crippen molar-refractivity contribution in [1.29, 1.82) is 0 Å². The molecule has 1 aliphatic heterocycles. The number of fused-ring (bicyclic) bond motifs is 1. The molecule has 24 heavy (non-hydrogen) atoms. The van der Waals surface area contributed by atoms with Crippen LogP contribution in [0.3, 0.4) is 0 Å². The molecule has 0 aliphatic carbocycles. The van der Waals surface area contributed by atoms with Gasteiger partial charge in [0.05, 0.1) is 11.1 Å². The van der Waals surface area contributed by atoms with Crippen LogP contribution in [0.15, 0.2) is 24.3 Å².